The van der Waals surface area contributed by atoms with Crippen LogP contribution in [0, 0.1) is 10.1 Å². The van der Waals surface area contributed by atoms with Crippen LogP contribution < -0.4 is 24.8 Å². The van der Waals surface area contributed by atoms with E-state index in [0.29, 0.717) is 17.7 Å². The highest BCUT2D eigenvalue weighted by Gasteiger charge is 2.32. The van der Waals surface area contributed by atoms with Gasteiger partial charge in [0.2, 0.25) is 17.4 Å². The van der Waals surface area contributed by atoms with Crippen molar-refractivity contribution >= 4 is 23.2 Å². The molecule has 0 atom stereocenters. The summed E-state index contributed by atoms with van der Waals surface area (Å²) in [7, 11) is 3.91. The van der Waals surface area contributed by atoms with E-state index in [1.54, 1.807) is 24.3 Å². The number of nitro groups is 1. The van der Waals surface area contributed by atoms with Gasteiger partial charge < -0.3 is 24.8 Å². The first-order chi connectivity index (χ1) is 14.9. The molecule has 10 nitrogen and oxygen atoms in total. The number of anilines is 1. The zero-order chi connectivity index (χ0) is 23.0. The Morgan fingerprint density at radius 3 is 2.35 bits per heavy atom. The second kappa shape index (κ2) is 10.8. The number of hydrogen-bond acceptors (Lipinski definition) is 7. The summed E-state index contributed by atoms with van der Waals surface area (Å²) >= 11 is 0. The van der Waals surface area contributed by atoms with Gasteiger partial charge in [-0.2, -0.15) is 0 Å². The lowest BCUT2D eigenvalue weighted by Crippen LogP contribution is -2.24. The second-order valence-corrected chi connectivity index (χ2v) is 6.48. The van der Waals surface area contributed by atoms with Crippen molar-refractivity contribution in [2.75, 3.05) is 26.6 Å². The van der Waals surface area contributed by atoms with Crippen LogP contribution in [0.25, 0.3) is 0 Å². The summed E-state index contributed by atoms with van der Waals surface area (Å²) < 4.78 is 15.5. The molecule has 0 aromatic heterocycles. The lowest BCUT2D eigenvalue weighted by molar-refractivity contribution is -0.386. The van der Waals surface area contributed by atoms with Crippen molar-refractivity contribution in [3.63, 3.8) is 0 Å². The predicted molar refractivity (Wildman–Crippen MR) is 114 cm³/mol. The van der Waals surface area contributed by atoms with E-state index >= 15 is 0 Å². The molecule has 0 radical (unpaired) electrons. The van der Waals surface area contributed by atoms with Crippen molar-refractivity contribution in [3.8, 4) is 17.2 Å². The Morgan fingerprint density at radius 2 is 1.77 bits per heavy atom. The fraction of sp³-hybridized carbons (Fsp3) is 0.333. The Hall–Kier alpha value is -3.82. The predicted octanol–water partition coefficient (Wildman–Crippen LogP) is 3.29. The fourth-order valence-electron chi connectivity index (χ4n) is 2.98. The molecule has 0 spiro atoms. The van der Waals surface area contributed by atoms with Crippen LogP contribution in [0.1, 0.15) is 35.7 Å². The number of benzene rings is 2. The molecule has 0 fully saturated rings. The molecule has 166 valence electrons. The highest BCUT2D eigenvalue weighted by Crippen LogP contribution is 2.46. The molecule has 2 aromatic rings. The topological polar surface area (TPSA) is 129 Å². The minimum Gasteiger partial charge on any atom is -0.493 e. The van der Waals surface area contributed by atoms with E-state index in [4.69, 9.17) is 14.2 Å². The highest BCUT2D eigenvalue weighted by atomic mass is 16.6. The van der Waals surface area contributed by atoms with Crippen LogP contribution in [-0.2, 0) is 11.3 Å². The summed E-state index contributed by atoms with van der Waals surface area (Å²) in [6, 6.07) is 8.20. The molecule has 0 saturated heterocycles. The first-order valence-corrected chi connectivity index (χ1v) is 9.50. The number of ether oxygens (including phenoxy) is 3. The lowest BCUT2D eigenvalue weighted by Gasteiger charge is -2.15. The Morgan fingerprint density at radius 1 is 1.06 bits per heavy atom. The SMILES string of the molecule is CCCC(=O)Nc1cccc(CNC(=O)c2cc(OC)c(OC)c(OC)c2[N+](=O)[O-])c1. The summed E-state index contributed by atoms with van der Waals surface area (Å²) in [5, 5.41) is 17.1. The molecular formula is C21H25N3O7. The molecule has 0 unspecified atom stereocenters. The third kappa shape index (κ3) is 5.62. The van der Waals surface area contributed by atoms with Gasteiger partial charge in [0, 0.05) is 24.7 Å². The maximum Gasteiger partial charge on any atom is 0.327 e. The Labute approximate surface area is 179 Å². The molecule has 2 amide bonds. The van der Waals surface area contributed by atoms with Gasteiger partial charge in [0.05, 0.1) is 26.3 Å². The number of nitrogens with zero attached hydrogens (tertiary/aromatic N) is 1. The number of nitro benzene ring substituents is 1. The van der Waals surface area contributed by atoms with Crippen LogP contribution in [0.3, 0.4) is 0 Å². The second-order valence-electron chi connectivity index (χ2n) is 6.48. The zero-order valence-electron chi connectivity index (χ0n) is 17.8. The van der Waals surface area contributed by atoms with Gasteiger partial charge in [0.25, 0.3) is 5.91 Å². The van der Waals surface area contributed by atoms with E-state index < -0.39 is 16.5 Å². The molecular weight excluding hydrogens is 406 g/mol. The van der Waals surface area contributed by atoms with Crippen molar-refractivity contribution in [2.45, 2.75) is 26.3 Å². The third-order valence-electron chi connectivity index (χ3n) is 4.37. The molecule has 10 heteroatoms. The molecule has 0 aliphatic heterocycles. The number of rotatable bonds is 10. The van der Waals surface area contributed by atoms with Crippen molar-refractivity contribution < 1.29 is 28.7 Å². The van der Waals surface area contributed by atoms with E-state index in [-0.39, 0.29) is 35.3 Å². The van der Waals surface area contributed by atoms with Crippen LogP contribution in [0.2, 0.25) is 0 Å². The number of carbonyl (C=O) groups excluding carboxylic acids is 2. The number of amides is 2. The van der Waals surface area contributed by atoms with Crippen LogP contribution >= 0.6 is 0 Å². The summed E-state index contributed by atoms with van der Waals surface area (Å²) in [4.78, 5) is 35.5. The van der Waals surface area contributed by atoms with Gasteiger partial charge >= 0.3 is 5.69 Å². The molecule has 0 bridgehead atoms. The quantitative estimate of drug-likeness (QED) is 0.436. The van der Waals surface area contributed by atoms with Gasteiger partial charge in [-0.1, -0.05) is 19.1 Å². The van der Waals surface area contributed by atoms with Crippen molar-refractivity contribution in [1.82, 2.24) is 5.32 Å². The molecule has 0 aliphatic rings. The van der Waals surface area contributed by atoms with Gasteiger partial charge in [-0.05, 0) is 24.1 Å². The molecule has 31 heavy (non-hydrogen) atoms. The zero-order valence-corrected chi connectivity index (χ0v) is 17.8. The monoisotopic (exact) mass is 431 g/mol. The van der Waals surface area contributed by atoms with E-state index in [2.05, 4.69) is 10.6 Å². The Bertz CT molecular complexity index is 976. The summed E-state index contributed by atoms with van der Waals surface area (Å²) in [5.41, 5.74) is 0.548. The number of nitrogens with one attached hydrogen (secondary N) is 2. The number of carbonyl (C=O) groups is 2. The molecule has 0 saturated carbocycles. The average molecular weight is 431 g/mol. The van der Waals surface area contributed by atoms with Crippen LogP contribution in [-0.4, -0.2) is 38.1 Å². The van der Waals surface area contributed by atoms with Gasteiger partial charge in [-0.3, -0.25) is 19.7 Å². The maximum absolute atomic E-state index is 12.8. The Kier molecular flexibility index (Phi) is 8.18. The summed E-state index contributed by atoms with van der Waals surface area (Å²) in [6.07, 6.45) is 1.14. The van der Waals surface area contributed by atoms with E-state index in [1.165, 1.54) is 27.4 Å². The van der Waals surface area contributed by atoms with E-state index in [1.807, 2.05) is 6.92 Å². The van der Waals surface area contributed by atoms with Crippen LogP contribution in [0.5, 0.6) is 17.2 Å². The minimum atomic E-state index is -0.709. The molecule has 2 aromatic carbocycles. The van der Waals surface area contributed by atoms with E-state index in [9.17, 15) is 19.7 Å². The van der Waals surface area contributed by atoms with Gasteiger partial charge in [-0.15, -0.1) is 0 Å². The van der Waals surface area contributed by atoms with Crippen molar-refractivity contribution in [2.24, 2.45) is 0 Å². The van der Waals surface area contributed by atoms with E-state index in [0.717, 1.165) is 6.42 Å². The first-order valence-electron chi connectivity index (χ1n) is 9.50. The highest BCUT2D eigenvalue weighted by molar-refractivity contribution is 6.00. The Balaban J connectivity index is 2.28. The fourth-order valence-corrected chi connectivity index (χ4v) is 2.98. The molecule has 0 heterocycles. The van der Waals surface area contributed by atoms with Gasteiger partial charge in [-0.25, -0.2) is 0 Å². The third-order valence-corrected chi connectivity index (χ3v) is 4.37. The van der Waals surface area contributed by atoms with Crippen LogP contribution in [0.15, 0.2) is 30.3 Å². The standard InChI is InChI=1S/C21H25N3O7/c1-5-7-17(25)23-14-9-6-8-13(10-14)12-22-21(26)15-11-16(29-2)19(30-3)20(31-4)18(15)24(27)28/h6,8-11H,5,7,12H2,1-4H3,(H,22,26)(H,23,25). The molecule has 2 rings (SSSR count). The van der Waals surface area contributed by atoms with Crippen LogP contribution in [0.4, 0.5) is 11.4 Å². The largest absolute Gasteiger partial charge is 0.493 e. The molecule has 2 N–H and O–H groups in total. The first kappa shape index (κ1) is 23.5. The maximum atomic E-state index is 12.8. The average Bonchev–Trinajstić information content (AvgIpc) is 2.75. The minimum absolute atomic E-state index is 0.0174. The van der Waals surface area contributed by atoms with Crippen molar-refractivity contribution in [3.05, 3.63) is 51.6 Å². The summed E-state index contributed by atoms with van der Waals surface area (Å²) in [6.45, 7) is 2.00. The number of methoxy groups -OCH3 is 3. The smallest absolute Gasteiger partial charge is 0.327 e. The van der Waals surface area contributed by atoms with Gasteiger partial charge in [0.1, 0.15) is 5.56 Å². The molecule has 0 aliphatic carbocycles. The lowest BCUT2D eigenvalue weighted by atomic mass is 10.1. The normalized spacial score (nSPS) is 10.2. The van der Waals surface area contributed by atoms with Crippen molar-refractivity contribution in [1.29, 1.82) is 0 Å². The van der Waals surface area contributed by atoms with Gasteiger partial charge in [0.15, 0.2) is 5.75 Å². The summed E-state index contributed by atoms with van der Waals surface area (Å²) in [5.74, 6) is -0.861. The number of hydrogen-bond donors (Lipinski definition) is 2.